The molecule has 108 valence electrons. The number of benzene rings is 1. The van der Waals surface area contributed by atoms with Gasteiger partial charge in [-0.3, -0.25) is 0 Å². The summed E-state index contributed by atoms with van der Waals surface area (Å²) in [7, 11) is 0. The summed E-state index contributed by atoms with van der Waals surface area (Å²) < 4.78 is 15.2. The highest BCUT2D eigenvalue weighted by molar-refractivity contribution is 5.21. The van der Waals surface area contributed by atoms with Gasteiger partial charge in [0.15, 0.2) is 0 Å². The molecule has 1 heterocycles. The molecule has 1 aromatic heterocycles. The lowest BCUT2D eigenvalue weighted by Crippen LogP contribution is -2.24. The van der Waals surface area contributed by atoms with E-state index in [1.54, 1.807) is 0 Å². The molecule has 20 heavy (non-hydrogen) atoms. The van der Waals surface area contributed by atoms with Crippen molar-refractivity contribution in [3.8, 4) is 0 Å². The average molecular weight is 275 g/mol. The second kappa shape index (κ2) is 7.20. The normalized spacial score (nSPS) is 12.6. The zero-order valence-electron chi connectivity index (χ0n) is 12.1. The number of halogens is 1. The molecular weight excluding hydrogens is 253 g/mol. The van der Waals surface area contributed by atoms with Crippen molar-refractivity contribution in [3.05, 3.63) is 53.9 Å². The number of aryl methyl sites for hydroxylation is 1. The number of hydrogen-bond donors (Lipinski definition) is 1. The Morgan fingerprint density at radius 3 is 2.65 bits per heavy atom. The van der Waals surface area contributed by atoms with E-state index < -0.39 is 0 Å². The van der Waals surface area contributed by atoms with Gasteiger partial charge < -0.3 is 9.88 Å². The third-order valence-corrected chi connectivity index (χ3v) is 3.38. The highest BCUT2D eigenvalue weighted by Gasteiger charge is 2.14. The smallest absolute Gasteiger partial charge is 0.123 e. The van der Waals surface area contributed by atoms with E-state index in [1.165, 1.54) is 12.1 Å². The highest BCUT2D eigenvalue weighted by atomic mass is 19.1. The van der Waals surface area contributed by atoms with Crippen LogP contribution >= 0.6 is 0 Å². The van der Waals surface area contributed by atoms with Gasteiger partial charge in [0.05, 0.1) is 0 Å². The van der Waals surface area contributed by atoms with Crippen molar-refractivity contribution < 1.29 is 4.39 Å². The maximum absolute atomic E-state index is 13.0. The molecule has 3 nitrogen and oxygen atoms in total. The van der Waals surface area contributed by atoms with Crippen LogP contribution in [0.3, 0.4) is 0 Å². The van der Waals surface area contributed by atoms with Gasteiger partial charge in [-0.25, -0.2) is 9.37 Å². The molecule has 0 amide bonds. The van der Waals surface area contributed by atoms with E-state index in [-0.39, 0.29) is 11.9 Å². The summed E-state index contributed by atoms with van der Waals surface area (Å²) in [6.45, 7) is 6.09. The van der Waals surface area contributed by atoms with Gasteiger partial charge in [0.2, 0.25) is 0 Å². The monoisotopic (exact) mass is 275 g/mol. The van der Waals surface area contributed by atoms with Gasteiger partial charge in [-0.05, 0) is 30.7 Å². The van der Waals surface area contributed by atoms with Crippen molar-refractivity contribution in [2.45, 2.75) is 39.3 Å². The Kier molecular flexibility index (Phi) is 5.30. The molecule has 2 aromatic rings. The molecule has 0 fully saturated rings. The Bertz CT molecular complexity index is 519. The van der Waals surface area contributed by atoms with E-state index in [0.717, 1.165) is 37.3 Å². The molecule has 0 radical (unpaired) electrons. The molecule has 2 rings (SSSR count). The van der Waals surface area contributed by atoms with Crippen molar-refractivity contribution in [1.29, 1.82) is 0 Å². The molecule has 0 bridgehead atoms. The Morgan fingerprint density at radius 1 is 1.25 bits per heavy atom. The van der Waals surface area contributed by atoms with Gasteiger partial charge in [-0.1, -0.05) is 26.0 Å². The molecule has 0 aliphatic rings. The molecule has 0 saturated carbocycles. The van der Waals surface area contributed by atoms with Crippen LogP contribution in [0, 0.1) is 5.82 Å². The predicted octanol–water partition coefficient (Wildman–Crippen LogP) is 3.33. The van der Waals surface area contributed by atoms with Crippen molar-refractivity contribution >= 4 is 0 Å². The first-order chi connectivity index (χ1) is 9.74. The van der Waals surface area contributed by atoms with E-state index >= 15 is 0 Å². The average Bonchev–Trinajstić information content (AvgIpc) is 2.87. The lowest BCUT2D eigenvalue weighted by Gasteiger charge is -2.19. The van der Waals surface area contributed by atoms with E-state index in [9.17, 15) is 4.39 Å². The molecule has 1 aromatic carbocycles. The lowest BCUT2D eigenvalue weighted by atomic mass is 10.0. The number of aromatic nitrogens is 2. The summed E-state index contributed by atoms with van der Waals surface area (Å²) in [5.74, 6) is 0.874. The maximum atomic E-state index is 13.0. The van der Waals surface area contributed by atoms with Crippen molar-refractivity contribution in [2.24, 2.45) is 0 Å². The summed E-state index contributed by atoms with van der Waals surface area (Å²) in [6, 6.07) is 6.88. The Morgan fingerprint density at radius 2 is 2.00 bits per heavy atom. The molecule has 0 saturated heterocycles. The second-order valence-electron chi connectivity index (χ2n) is 4.90. The number of rotatable bonds is 7. The van der Waals surface area contributed by atoms with E-state index in [0.29, 0.717) is 0 Å². The first-order valence-electron chi connectivity index (χ1n) is 7.23. The Balaban J connectivity index is 2.16. The van der Waals surface area contributed by atoms with Crippen LogP contribution in [0.4, 0.5) is 4.39 Å². The zero-order chi connectivity index (χ0) is 14.4. The topological polar surface area (TPSA) is 29.9 Å². The fraction of sp³-hybridized carbons (Fsp3) is 0.438. The van der Waals surface area contributed by atoms with Crippen LogP contribution in [0.15, 0.2) is 36.7 Å². The minimum absolute atomic E-state index is 0.165. The standard InChI is InChI=1S/C16H22FN3/c1-3-10-20-11-9-19-16(20)12-15(18-4-2)13-5-7-14(17)8-6-13/h5-9,11,15,18H,3-4,10,12H2,1-2H3. The molecule has 1 N–H and O–H groups in total. The molecule has 4 heteroatoms. The second-order valence-corrected chi connectivity index (χ2v) is 4.90. The Labute approximate surface area is 119 Å². The summed E-state index contributed by atoms with van der Waals surface area (Å²) in [5.41, 5.74) is 1.10. The molecule has 0 aliphatic heterocycles. The third-order valence-electron chi connectivity index (χ3n) is 3.38. The largest absolute Gasteiger partial charge is 0.335 e. The zero-order valence-corrected chi connectivity index (χ0v) is 12.1. The van der Waals surface area contributed by atoms with Crippen molar-refractivity contribution in [3.63, 3.8) is 0 Å². The first-order valence-corrected chi connectivity index (χ1v) is 7.23. The SMILES string of the molecule is CCCn1ccnc1CC(NCC)c1ccc(F)cc1. The summed E-state index contributed by atoms with van der Waals surface area (Å²) in [5, 5.41) is 3.45. The van der Waals surface area contributed by atoms with Gasteiger partial charge >= 0.3 is 0 Å². The van der Waals surface area contributed by atoms with E-state index in [2.05, 4.69) is 28.7 Å². The van der Waals surface area contributed by atoms with Crippen LogP contribution in [-0.2, 0) is 13.0 Å². The molecule has 0 aliphatic carbocycles. The quantitative estimate of drug-likeness (QED) is 0.840. The third kappa shape index (κ3) is 3.67. The fourth-order valence-corrected chi connectivity index (χ4v) is 2.41. The predicted molar refractivity (Wildman–Crippen MR) is 79.0 cm³/mol. The van der Waals surface area contributed by atoms with Gasteiger partial charge in [0.1, 0.15) is 11.6 Å². The van der Waals surface area contributed by atoms with Crippen LogP contribution in [0.5, 0.6) is 0 Å². The van der Waals surface area contributed by atoms with Gasteiger partial charge in [0, 0.05) is 31.4 Å². The van der Waals surface area contributed by atoms with Crippen molar-refractivity contribution in [2.75, 3.05) is 6.54 Å². The fourth-order valence-electron chi connectivity index (χ4n) is 2.41. The minimum Gasteiger partial charge on any atom is -0.335 e. The van der Waals surface area contributed by atoms with Crippen LogP contribution in [0.25, 0.3) is 0 Å². The molecule has 0 spiro atoms. The first kappa shape index (κ1) is 14.7. The molecule has 1 unspecified atom stereocenters. The summed E-state index contributed by atoms with van der Waals surface area (Å²) in [6.07, 6.45) is 5.77. The van der Waals surface area contributed by atoms with Crippen LogP contribution in [0.2, 0.25) is 0 Å². The summed E-state index contributed by atoms with van der Waals surface area (Å²) in [4.78, 5) is 4.45. The highest BCUT2D eigenvalue weighted by Crippen LogP contribution is 2.18. The number of hydrogen-bond acceptors (Lipinski definition) is 2. The minimum atomic E-state index is -0.198. The van der Waals surface area contributed by atoms with E-state index in [1.807, 2.05) is 24.5 Å². The van der Waals surface area contributed by atoms with Gasteiger partial charge in [-0.15, -0.1) is 0 Å². The van der Waals surface area contributed by atoms with Crippen molar-refractivity contribution in [1.82, 2.24) is 14.9 Å². The molecular formula is C16H22FN3. The number of imidazole rings is 1. The van der Waals surface area contributed by atoms with Crippen LogP contribution < -0.4 is 5.32 Å². The van der Waals surface area contributed by atoms with Gasteiger partial charge in [0.25, 0.3) is 0 Å². The molecule has 1 atom stereocenters. The van der Waals surface area contributed by atoms with E-state index in [4.69, 9.17) is 0 Å². The number of nitrogens with zero attached hydrogens (tertiary/aromatic N) is 2. The number of nitrogens with one attached hydrogen (secondary N) is 1. The van der Waals surface area contributed by atoms with Crippen LogP contribution in [0.1, 0.15) is 37.7 Å². The Hall–Kier alpha value is -1.68. The maximum Gasteiger partial charge on any atom is 0.123 e. The van der Waals surface area contributed by atoms with Gasteiger partial charge in [-0.2, -0.15) is 0 Å². The number of likely N-dealkylation sites (N-methyl/N-ethyl adjacent to an activating group) is 1. The summed E-state index contributed by atoms with van der Waals surface area (Å²) >= 11 is 0. The van der Waals surface area contributed by atoms with Crippen LogP contribution in [-0.4, -0.2) is 16.1 Å². The lowest BCUT2D eigenvalue weighted by molar-refractivity contribution is 0.515.